The van der Waals surface area contributed by atoms with Gasteiger partial charge in [0, 0.05) is 0 Å². The summed E-state index contributed by atoms with van der Waals surface area (Å²) in [5.74, 6) is 0. The molecule has 0 heterocycles. The summed E-state index contributed by atoms with van der Waals surface area (Å²) < 4.78 is 4.72. The van der Waals surface area contributed by atoms with Gasteiger partial charge in [-0.1, -0.05) is 0 Å². The summed E-state index contributed by atoms with van der Waals surface area (Å²) in [5.41, 5.74) is 2.88. The second kappa shape index (κ2) is 6.48. The van der Waals surface area contributed by atoms with E-state index in [1.165, 1.54) is 11.1 Å². The van der Waals surface area contributed by atoms with Gasteiger partial charge in [-0.2, -0.15) is 0 Å². The van der Waals surface area contributed by atoms with Gasteiger partial charge in [0.05, 0.1) is 0 Å². The van der Waals surface area contributed by atoms with Gasteiger partial charge in [-0.15, -0.1) is 0 Å². The van der Waals surface area contributed by atoms with Gasteiger partial charge in [-0.05, 0) is 0 Å². The Morgan fingerprint density at radius 3 is 1.62 bits per heavy atom. The molecule has 21 heavy (non-hydrogen) atoms. The Balaban J connectivity index is 2.20. The molecule has 3 aromatic carbocycles. The zero-order valence-electron chi connectivity index (χ0n) is 12.6. The summed E-state index contributed by atoms with van der Waals surface area (Å²) in [6.45, 7) is 4.50. The Morgan fingerprint density at radius 1 is 0.571 bits per heavy atom. The SMILES string of the molecule is Cc1ccc[c]([SnH]([c]2ccccc2)[c]2ccccc2)c1C. The molecule has 0 saturated carbocycles. The van der Waals surface area contributed by atoms with Crippen molar-refractivity contribution in [3.8, 4) is 0 Å². The van der Waals surface area contributed by atoms with Crippen LogP contribution < -0.4 is 10.7 Å². The third-order valence-electron chi connectivity index (χ3n) is 4.22. The summed E-state index contributed by atoms with van der Waals surface area (Å²) in [6.07, 6.45) is 0. The maximum atomic E-state index is 2.35. The Labute approximate surface area is 134 Å². The summed E-state index contributed by atoms with van der Waals surface area (Å²) in [5, 5.41) is 0. The Morgan fingerprint density at radius 2 is 1.10 bits per heavy atom. The predicted molar refractivity (Wildman–Crippen MR) is 94.9 cm³/mol. The minimum atomic E-state index is -2.23. The second-order valence-electron chi connectivity index (χ2n) is 5.54. The molecule has 0 aliphatic heterocycles. The molecular weight excluding hydrogens is 359 g/mol. The fraction of sp³-hybridized carbons (Fsp3) is 0.100. The normalized spacial score (nSPS) is 10.8. The molecule has 104 valence electrons. The maximum absolute atomic E-state index is 2.35. The van der Waals surface area contributed by atoms with Crippen molar-refractivity contribution in [1.82, 2.24) is 0 Å². The van der Waals surface area contributed by atoms with Crippen molar-refractivity contribution < 1.29 is 0 Å². The van der Waals surface area contributed by atoms with Crippen molar-refractivity contribution in [2.75, 3.05) is 0 Å². The zero-order valence-corrected chi connectivity index (χ0v) is 15.9. The molecule has 1 heteroatoms. The first-order valence-corrected chi connectivity index (χ1v) is 12.4. The first-order valence-electron chi connectivity index (χ1n) is 7.43. The fourth-order valence-electron chi connectivity index (χ4n) is 2.93. The van der Waals surface area contributed by atoms with E-state index in [0.29, 0.717) is 0 Å². The van der Waals surface area contributed by atoms with Crippen molar-refractivity contribution in [3.05, 3.63) is 90.0 Å². The van der Waals surface area contributed by atoms with E-state index < -0.39 is 19.8 Å². The molecule has 0 fully saturated rings. The van der Waals surface area contributed by atoms with E-state index in [0.717, 1.165) is 0 Å². The van der Waals surface area contributed by atoms with Crippen LogP contribution in [-0.2, 0) is 0 Å². The molecule has 0 amide bonds. The van der Waals surface area contributed by atoms with E-state index in [1.807, 2.05) is 0 Å². The molecule has 0 N–H and O–H groups in total. The van der Waals surface area contributed by atoms with Crippen LogP contribution in [0.25, 0.3) is 0 Å². The van der Waals surface area contributed by atoms with Gasteiger partial charge >= 0.3 is 134 Å². The van der Waals surface area contributed by atoms with Crippen LogP contribution >= 0.6 is 0 Å². The molecule has 3 aromatic rings. The molecular formula is C20H20Sn. The zero-order chi connectivity index (χ0) is 14.7. The molecule has 0 radical (unpaired) electrons. The van der Waals surface area contributed by atoms with E-state index in [4.69, 9.17) is 0 Å². The van der Waals surface area contributed by atoms with Gasteiger partial charge in [0.15, 0.2) is 0 Å². The van der Waals surface area contributed by atoms with Crippen LogP contribution in [0.1, 0.15) is 11.1 Å². The minimum absolute atomic E-state index is 1.40. The van der Waals surface area contributed by atoms with Crippen LogP contribution in [0.3, 0.4) is 0 Å². The average molecular weight is 379 g/mol. The predicted octanol–water partition coefficient (Wildman–Crippen LogP) is 2.55. The number of benzene rings is 3. The van der Waals surface area contributed by atoms with Gasteiger partial charge in [0.2, 0.25) is 0 Å². The quantitative estimate of drug-likeness (QED) is 0.614. The molecule has 0 nitrogen and oxygen atoms in total. The first-order chi connectivity index (χ1) is 10.3. The molecule has 0 unspecified atom stereocenters. The Hall–Kier alpha value is -1.54. The summed E-state index contributed by atoms with van der Waals surface area (Å²) in [4.78, 5) is 0. The van der Waals surface area contributed by atoms with Crippen LogP contribution in [0.5, 0.6) is 0 Å². The summed E-state index contributed by atoms with van der Waals surface area (Å²) in [7, 11) is 0. The fourth-order valence-corrected chi connectivity index (χ4v) is 12.3. The van der Waals surface area contributed by atoms with Crippen LogP contribution in [-0.4, -0.2) is 19.8 Å². The number of hydrogen-bond acceptors (Lipinski definition) is 0. The van der Waals surface area contributed by atoms with Crippen LogP contribution in [0, 0.1) is 13.8 Å². The molecule has 0 atom stereocenters. The second-order valence-corrected chi connectivity index (χ2v) is 13.6. The first kappa shape index (κ1) is 14.4. The van der Waals surface area contributed by atoms with Gasteiger partial charge in [-0.25, -0.2) is 0 Å². The standard InChI is InChI=1S/C8H9.2C6H5.Sn.H/c1-7-5-3-4-6-8(7)2;2*1-2-4-6-5-3-1;;/h3-5H,1-2H3;2*1-5H;;. The third-order valence-corrected chi connectivity index (χ3v) is 13.8. The van der Waals surface area contributed by atoms with E-state index >= 15 is 0 Å². The number of aryl methyl sites for hydroxylation is 1. The van der Waals surface area contributed by atoms with Crippen molar-refractivity contribution in [3.63, 3.8) is 0 Å². The van der Waals surface area contributed by atoms with Crippen LogP contribution in [0.15, 0.2) is 78.9 Å². The summed E-state index contributed by atoms with van der Waals surface area (Å²) >= 11 is -2.23. The topological polar surface area (TPSA) is 0 Å². The molecule has 0 aliphatic rings. The van der Waals surface area contributed by atoms with Crippen LogP contribution in [0.4, 0.5) is 0 Å². The molecule has 0 aromatic heterocycles. The van der Waals surface area contributed by atoms with E-state index in [1.54, 1.807) is 10.7 Å². The molecule has 0 saturated heterocycles. The van der Waals surface area contributed by atoms with E-state index in [2.05, 4.69) is 92.7 Å². The molecule has 0 spiro atoms. The number of rotatable bonds is 3. The average Bonchev–Trinajstić information content (AvgIpc) is 2.54. The molecule has 0 bridgehead atoms. The van der Waals surface area contributed by atoms with Crippen molar-refractivity contribution in [2.45, 2.75) is 13.8 Å². The van der Waals surface area contributed by atoms with Crippen molar-refractivity contribution in [1.29, 1.82) is 0 Å². The van der Waals surface area contributed by atoms with Crippen LogP contribution in [0.2, 0.25) is 0 Å². The Kier molecular flexibility index (Phi) is 4.45. The van der Waals surface area contributed by atoms with Gasteiger partial charge in [0.1, 0.15) is 0 Å². The van der Waals surface area contributed by atoms with Gasteiger partial charge < -0.3 is 0 Å². The monoisotopic (exact) mass is 380 g/mol. The Bertz CT molecular complexity index is 678. The molecule has 0 aliphatic carbocycles. The van der Waals surface area contributed by atoms with E-state index in [9.17, 15) is 0 Å². The number of hydrogen-bond donors (Lipinski definition) is 0. The third kappa shape index (κ3) is 3.05. The van der Waals surface area contributed by atoms with Gasteiger partial charge in [-0.3, -0.25) is 0 Å². The summed E-state index contributed by atoms with van der Waals surface area (Å²) in [6, 6.07) is 29.0. The van der Waals surface area contributed by atoms with Gasteiger partial charge in [0.25, 0.3) is 0 Å². The van der Waals surface area contributed by atoms with Crippen molar-refractivity contribution >= 4 is 30.5 Å². The van der Waals surface area contributed by atoms with E-state index in [-0.39, 0.29) is 0 Å². The van der Waals surface area contributed by atoms with Crippen molar-refractivity contribution in [2.24, 2.45) is 0 Å². The molecule has 3 rings (SSSR count).